The second kappa shape index (κ2) is 7.86. The molecule has 32 heavy (non-hydrogen) atoms. The summed E-state index contributed by atoms with van der Waals surface area (Å²) in [5.74, 6) is 0.672. The van der Waals surface area contributed by atoms with Gasteiger partial charge in [-0.3, -0.25) is 14.4 Å². The van der Waals surface area contributed by atoms with Crippen molar-refractivity contribution in [3.05, 3.63) is 71.6 Å². The van der Waals surface area contributed by atoms with E-state index in [0.29, 0.717) is 5.76 Å². The lowest BCUT2D eigenvalue weighted by atomic mass is 10.3. The van der Waals surface area contributed by atoms with Crippen molar-refractivity contribution in [3.63, 3.8) is 0 Å². The minimum atomic E-state index is -3.75. The quantitative estimate of drug-likeness (QED) is 0.370. The Balaban J connectivity index is 1.34. The molecule has 3 N–H and O–H groups in total. The van der Waals surface area contributed by atoms with Crippen LogP contribution in [0.15, 0.2) is 69.5 Å². The van der Waals surface area contributed by atoms with Crippen LogP contribution in [0.1, 0.15) is 11.5 Å². The highest BCUT2D eigenvalue weighted by Gasteiger charge is 2.18. The van der Waals surface area contributed by atoms with E-state index in [0.717, 1.165) is 33.5 Å². The first-order valence-electron chi connectivity index (χ1n) is 9.69. The number of hydrogen-bond acceptors (Lipinski definition) is 7. The smallest absolute Gasteiger partial charge is 0.288 e. The van der Waals surface area contributed by atoms with Gasteiger partial charge in [-0.2, -0.15) is 4.98 Å². The zero-order chi connectivity index (χ0) is 22.3. The Bertz CT molecular complexity index is 1520. The fourth-order valence-corrected chi connectivity index (χ4v) is 5.12. The number of rotatable bonds is 6. The number of pyridine rings is 1. The van der Waals surface area contributed by atoms with Crippen LogP contribution < -0.4 is 10.0 Å². The maximum atomic E-state index is 12.5. The lowest BCUT2D eigenvalue weighted by Crippen LogP contribution is -2.70. The zero-order valence-corrected chi connectivity index (χ0v) is 18.8. The topological polar surface area (TPSA) is 119 Å². The Morgan fingerprint density at radius 2 is 1.91 bits per heavy atom. The van der Waals surface area contributed by atoms with Crippen molar-refractivity contribution in [1.82, 2.24) is 19.5 Å². The maximum absolute atomic E-state index is 12.5. The summed E-state index contributed by atoms with van der Waals surface area (Å²) in [5, 5.41) is 8.39. The fraction of sp³-hybridized carbons (Fsp3) is 0.0952. The maximum Gasteiger partial charge on any atom is 0.288 e. The van der Waals surface area contributed by atoms with Crippen molar-refractivity contribution < 1.29 is 18.3 Å². The molecule has 1 aromatic carbocycles. The molecule has 0 atom stereocenters. The van der Waals surface area contributed by atoms with Gasteiger partial charge >= 0.3 is 0 Å². The highest BCUT2D eigenvalue weighted by Crippen LogP contribution is 2.27. The van der Waals surface area contributed by atoms with E-state index >= 15 is 0 Å². The third-order valence-electron chi connectivity index (χ3n) is 4.82. The second-order valence-electron chi connectivity index (χ2n) is 7.19. The molecular formula is C21H19N6O3S2+. The average molecular weight is 468 g/mol. The fourth-order valence-electron chi connectivity index (χ4n) is 3.38. The summed E-state index contributed by atoms with van der Waals surface area (Å²) >= 11 is 1.52. The number of benzene rings is 1. The third kappa shape index (κ3) is 3.88. The van der Waals surface area contributed by atoms with Gasteiger partial charge in [-0.05, 0) is 38.1 Å². The number of sulfonamides is 1. The molecule has 5 rings (SSSR count). The molecule has 0 radical (unpaired) electrons. The molecule has 4 aromatic heterocycles. The molecule has 0 unspecified atom stereocenters. The van der Waals surface area contributed by atoms with Crippen molar-refractivity contribution in [3.8, 4) is 11.4 Å². The molecule has 4 heterocycles. The van der Waals surface area contributed by atoms with Crippen LogP contribution in [0.4, 0.5) is 16.6 Å². The number of hydrogen-bond donors (Lipinski definition) is 2. The van der Waals surface area contributed by atoms with Gasteiger partial charge in [-0.15, -0.1) is 0 Å². The summed E-state index contributed by atoms with van der Waals surface area (Å²) in [4.78, 5) is 9.47. The van der Waals surface area contributed by atoms with Crippen LogP contribution in [0.5, 0.6) is 0 Å². The number of quaternary nitrogens is 1. The van der Waals surface area contributed by atoms with E-state index < -0.39 is 10.0 Å². The minimum absolute atomic E-state index is 0.136. The average Bonchev–Trinajstić information content (AvgIpc) is 3.46. The van der Waals surface area contributed by atoms with Crippen LogP contribution in [0.3, 0.4) is 0 Å². The minimum Gasteiger partial charge on any atom is -0.360 e. The van der Waals surface area contributed by atoms with Gasteiger partial charge in [-0.25, -0.2) is 13.4 Å². The van der Waals surface area contributed by atoms with Crippen LogP contribution in [-0.4, -0.2) is 27.9 Å². The molecule has 0 spiro atoms. The van der Waals surface area contributed by atoms with Gasteiger partial charge in [0.2, 0.25) is 0 Å². The van der Waals surface area contributed by atoms with Gasteiger partial charge in [0.05, 0.1) is 16.3 Å². The third-order valence-corrected chi connectivity index (χ3v) is 6.98. The van der Waals surface area contributed by atoms with E-state index in [1.807, 2.05) is 46.4 Å². The van der Waals surface area contributed by atoms with E-state index in [-0.39, 0.29) is 10.7 Å². The zero-order valence-electron chi connectivity index (χ0n) is 17.2. The van der Waals surface area contributed by atoms with Gasteiger partial charge in [0, 0.05) is 29.8 Å². The molecule has 0 saturated heterocycles. The molecule has 0 saturated carbocycles. The lowest BCUT2D eigenvalue weighted by Gasteiger charge is -2.05. The molecule has 5 aromatic rings. The van der Waals surface area contributed by atoms with Gasteiger partial charge in [0.25, 0.3) is 15.2 Å². The summed E-state index contributed by atoms with van der Waals surface area (Å²) in [7, 11) is -3.75. The number of imidazole rings is 1. The molecule has 162 valence electrons. The Morgan fingerprint density at radius 1 is 1.09 bits per heavy atom. The van der Waals surface area contributed by atoms with Crippen molar-refractivity contribution in [2.45, 2.75) is 18.7 Å². The molecule has 0 aliphatic heterocycles. The van der Waals surface area contributed by atoms with Crippen molar-refractivity contribution >= 4 is 43.6 Å². The van der Waals surface area contributed by atoms with Crippen LogP contribution in [0.25, 0.3) is 17.0 Å². The standard InChI is InChI=1S/C21H18N6O3S2/c1-13-11-18(25-30-13)26-32(28,29)16-8-6-15(7-9-16)23-21-24-17(12-31-21)20-14(2)22-19-5-3-4-10-27(19)20/h3-12H,1-2H3,(H,23,24)(H,25,26)/p+1. The van der Waals surface area contributed by atoms with E-state index in [1.54, 1.807) is 31.2 Å². The van der Waals surface area contributed by atoms with Gasteiger partial charge < -0.3 is 4.52 Å². The number of fused-ring (bicyclic) bond motifs is 1. The number of nitrogens with two attached hydrogens (primary N) is 1. The Kier molecular flexibility index (Phi) is 5.00. The largest absolute Gasteiger partial charge is 0.360 e. The predicted octanol–water partition coefficient (Wildman–Crippen LogP) is 3.39. The van der Waals surface area contributed by atoms with Gasteiger partial charge in [0.15, 0.2) is 5.82 Å². The van der Waals surface area contributed by atoms with Crippen LogP contribution in [0.2, 0.25) is 0 Å². The van der Waals surface area contributed by atoms with Crippen molar-refractivity contribution in [2.24, 2.45) is 0 Å². The van der Waals surface area contributed by atoms with Crippen molar-refractivity contribution in [1.29, 1.82) is 0 Å². The number of thiazole rings is 1. The molecule has 0 aliphatic carbocycles. The van der Waals surface area contributed by atoms with E-state index in [9.17, 15) is 8.42 Å². The van der Waals surface area contributed by atoms with Crippen LogP contribution in [0, 0.1) is 13.8 Å². The summed E-state index contributed by atoms with van der Waals surface area (Å²) in [5.41, 5.74) is 4.45. The normalized spacial score (nSPS) is 11.8. The first kappa shape index (κ1) is 20.4. The van der Waals surface area contributed by atoms with E-state index in [2.05, 4.69) is 14.9 Å². The van der Waals surface area contributed by atoms with Gasteiger partial charge in [-0.1, -0.05) is 22.6 Å². The molecule has 9 nitrogen and oxygen atoms in total. The molecule has 0 fully saturated rings. The van der Waals surface area contributed by atoms with Crippen molar-refractivity contribution in [2.75, 3.05) is 4.72 Å². The molecule has 0 aliphatic rings. The molecule has 0 amide bonds. The highest BCUT2D eigenvalue weighted by atomic mass is 32.2. The number of anilines is 1. The predicted molar refractivity (Wildman–Crippen MR) is 121 cm³/mol. The Morgan fingerprint density at radius 3 is 2.66 bits per heavy atom. The van der Waals surface area contributed by atoms with Gasteiger partial charge in [0.1, 0.15) is 22.8 Å². The summed E-state index contributed by atoms with van der Waals surface area (Å²) in [6.07, 6.45) is 1.97. The molecule has 0 bridgehead atoms. The first-order chi connectivity index (χ1) is 15.4. The van der Waals surface area contributed by atoms with E-state index in [1.165, 1.54) is 17.4 Å². The summed E-state index contributed by atoms with van der Waals surface area (Å²) in [6, 6.07) is 14.0. The Hall–Kier alpha value is -3.54. The summed E-state index contributed by atoms with van der Waals surface area (Å²) < 4.78 is 34.4. The Labute approximate surface area is 187 Å². The SMILES string of the molecule is Cc1cc(NS(=O)(=O)c2ccc([NH2+]c3nc(-c4c(C)nc5ccccn45)cs3)cc2)no1. The number of nitrogens with zero attached hydrogens (tertiary/aromatic N) is 4. The molecular weight excluding hydrogens is 448 g/mol. The first-order valence-corrected chi connectivity index (χ1v) is 12.1. The summed E-state index contributed by atoms with van der Waals surface area (Å²) in [6.45, 7) is 3.66. The van der Waals surface area contributed by atoms with Crippen LogP contribution >= 0.6 is 11.3 Å². The second-order valence-corrected chi connectivity index (χ2v) is 9.76. The number of aryl methyl sites for hydroxylation is 2. The number of aromatic nitrogens is 4. The van der Waals surface area contributed by atoms with E-state index in [4.69, 9.17) is 9.51 Å². The highest BCUT2D eigenvalue weighted by molar-refractivity contribution is 7.92. The van der Waals surface area contributed by atoms with Crippen LogP contribution in [-0.2, 0) is 10.0 Å². The lowest BCUT2D eigenvalue weighted by molar-refractivity contribution is -0.478. The number of nitrogens with one attached hydrogen (secondary N) is 1. The monoisotopic (exact) mass is 467 g/mol. The molecule has 11 heteroatoms.